The van der Waals surface area contributed by atoms with E-state index in [-0.39, 0.29) is 5.41 Å². The van der Waals surface area contributed by atoms with Gasteiger partial charge in [-0.15, -0.1) is 0 Å². The molecule has 0 amide bonds. The van der Waals surface area contributed by atoms with E-state index in [2.05, 4.69) is 26.0 Å². The van der Waals surface area contributed by atoms with Gasteiger partial charge in [0.2, 0.25) is 5.69 Å². The molecule has 0 N–H and O–H groups in total. The van der Waals surface area contributed by atoms with Gasteiger partial charge in [0.05, 0.1) is 23.8 Å². The molecule has 1 aliphatic rings. The van der Waals surface area contributed by atoms with Gasteiger partial charge in [0.25, 0.3) is 0 Å². The van der Waals surface area contributed by atoms with Crippen LogP contribution in [0.5, 0.6) is 5.75 Å². The predicted octanol–water partition coefficient (Wildman–Crippen LogP) is 3.04. The molecule has 2 heterocycles. The van der Waals surface area contributed by atoms with Gasteiger partial charge in [0.1, 0.15) is 5.75 Å². The highest BCUT2D eigenvalue weighted by Crippen LogP contribution is 2.37. The molecule has 0 atom stereocenters. The summed E-state index contributed by atoms with van der Waals surface area (Å²) in [6, 6.07) is 12.8. The molecule has 0 radical (unpaired) electrons. The minimum Gasteiger partial charge on any atom is -0.618 e. The van der Waals surface area contributed by atoms with Gasteiger partial charge in [-0.25, -0.2) is 0 Å². The molecule has 22 heavy (non-hydrogen) atoms. The Morgan fingerprint density at radius 2 is 2.09 bits per heavy atom. The highest BCUT2D eigenvalue weighted by molar-refractivity contribution is 5.81. The van der Waals surface area contributed by atoms with Crippen molar-refractivity contribution in [1.82, 2.24) is 0 Å². The van der Waals surface area contributed by atoms with Gasteiger partial charge in [-0.05, 0) is 24.3 Å². The van der Waals surface area contributed by atoms with Gasteiger partial charge in [-0.3, -0.25) is 0 Å². The molecule has 1 aromatic heterocycles. The number of nitrogens with zero attached hydrogens (tertiary/aromatic N) is 2. The molecule has 0 spiro atoms. The number of hydrogen-bond donors (Lipinski definition) is 0. The monoisotopic (exact) mass is 292 g/mol. The third kappa shape index (κ3) is 2.53. The van der Waals surface area contributed by atoms with E-state index >= 15 is 0 Å². The molecular weight excluding hydrogens is 276 g/mol. The Kier molecular flexibility index (Phi) is 3.34. The maximum atomic E-state index is 12.2. The van der Waals surface area contributed by atoms with E-state index in [4.69, 9.17) is 10.00 Å². The number of pyridine rings is 1. The zero-order chi connectivity index (χ0) is 15.7. The van der Waals surface area contributed by atoms with E-state index in [1.54, 1.807) is 24.3 Å². The molecule has 4 nitrogen and oxygen atoms in total. The maximum Gasteiger partial charge on any atom is 0.224 e. The molecule has 0 saturated carbocycles. The fraction of sp³-hybridized carbons (Fsp3) is 0.222. The molecule has 110 valence electrons. The number of fused-ring (bicyclic) bond motifs is 1. The molecule has 0 bridgehead atoms. The Balaban J connectivity index is 2.24. The number of aromatic nitrogens is 1. The van der Waals surface area contributed by atoms with Crippen molar-refractivity contribution < 1.29 is 9.47 Å². The van der Waals surface area contributed by atoms with Crippen molar-refractivity contribution in [2.75, 3.05) is 6.61 Å². The van der Waals surface area contributed by atoms with Crippen LogP contribution < -0.4 is 9.47 Å². The van der Waals surface area contributed by atoms with Crippen molar-refractivity contribution in [1.29, 1.82) is 5.26 Å². The summed E-state index contributed by atoms with van der Waals surface area (Å²) < 4.78 is 6.74. The average molecular weight is 292 g/mol. The van der Waals surface area contributed by atoms with Crippen LogP contribution in [-0.2, 0) is 0 Å². The maximum absolute atomic E-state index is 12.2. The zero-order valence-electron chi connectivity index (χ0n) is 12.5. The molecule has 1 aromatic carbocycles. The van der Waals surface area contributed by atoms with Gasteiger partial charge in [0, 0.05) is 23.1 Å². The molecular formula is C18H16N2O2. The fourth-order valence-electron chi connectivity index (χ4n) is 2.56. The Hall–Kier alpha value is -2.80. The number of nitriles is 1. The van der Waals surface area contributed by atoms with Crippen LogP contribution in [0.15, 0.2) is 48.7 Å². The average Bonchev–Trinajstić information content (AvgIpc) is 2.64. The lowest BCUT2D eigenvalue weighted by Gasteiger charge is -2.18. The van der Waals surface area contributed by atoms with E-state index in [1.807, 2.05) is 12.1 Å². The summed E-state index contributed by atoms with van der Waals surface area (Å²) in [4.78, 5) is 0. The number of hydrogen-bond acceptors (Lipinski definition) is 3. The summed E-state index contributed by atoms with van der Waals surface area (Å²) >= 11 is 0. The van der Waals surface area contributed by atoms with Gasteiger partial charge in [-0.1, -0.05) is 19.9 Å². The van der Waals surface area contributed by atoms with Gasteiger partial charge in [0.15, 0.2) is 6.20 Å². The van der Waals surface area contributed by atoms with Gasteiger partial charge in [-0.2, -0.15) is 9.99 Å². The van der Waals surface area contributed by atoms with E-state index in [1.165, 1.54) is 6.20 Å². The highest BCUT2D eigenvalue weighted by atomic mass is 16.5. The van der Waals surface area contributed by atoms with Crippen molar-refractivity contribution in [2.24, 2.45) is 5.41 Å². The first-order valence-corrected chi connectivity index (χ1v) is 7.09. The van der Waals surface area contributed by atoms with Crippen molar-refractivity contribution >= 4 is 5.57 Å². The lowest BCUT2D eigenvalue weighted by atomic mass is 9.89. The number of benzene rings is 1. The fourth-order valence-corrected chi connectivity index (χ4v) is 2.56. The number of ether oxygens (including phenoxy) is 1. The Morgan fingerprint density at radius 3 is 2.82 bits per heavy atom. The largest absolute Gasteiger partial charge is 0.618 e. The topological polar surface area (TPSA) is 60.0 Å². The van der Waals surface area contributed by atoms with Crippen molar-refractivity contribution in [3.8, 4) is 11.8 Å². The highest BCUT2D eigenvalue weighted by Gasteiger charge is 2.27. The molecule has 0 fully saturated rings. The predicted molar refractivity (Wildman–Crippen MR) is 82.9 cm³/mol. The smallest absolute Gasteiger partial charge is 0.224 e. The Morgan fingerprint density at radius 1 is 1.27 bits per heavy atom. The molecule has 0 unspecified atom stereocenters. The van der Waals surface area contributed by atoms with Gasteiger partial charge >= 0.3 is 0 Å². The first kappa shape index (κ1) is 14.2. The third-order valence-corrected chi connectivity index (χ3v) is 3.64. The van der Waals surface area contributed by atoms with Crippen LogP contribution in [0.2, 0.25) is 0 Å². The minimum absolute atomic E-state index is 0.218. The first-order valence-electron chi connectivity index (χ1n) is 7.09. The van der Waals surface area contributed by atoms with Crippen LogP contribution in [0.25, 0.3) is 5.57 Å². The molecule has 1 aliphatic heterocycles. The quantitative estimate of drug-likeness (QED) is 0.599. The molecule has 0 aliphatic carbocycles. The second-order valence-electron chi connectivity index (χ2n) is 6.07. The van der Waals surface area contributed by atoms with E-state index < -0.39 is 0 Å². The summed E-state index contributed by atoms with van der Waals surface area (Å²) in [7, 11) is 0. The summed E-state index contributed by atoms with van der Waals surface area (Å²) in [5, 5.41) is 21.2. The second-order valence-corrected chi connectivity index (χ2v) is 6.07. The van der Waals surface area contributed by atoms with E-state index in [9.17, 15) is 5.21 Å². The summed E-state index contributed by atoms with van der Waals surface area (Å²) in [5.41, 5.74) is 2.56. The molecule has 2 aromatic rings. The molecule has 3 rings (SSSR count). The lowest BCUT2D eigenvalue weighted by molar-refractivity contribution is -0.607. The minimum atomic E-state index is -0.218. The SMILES string of the molecule is CC1(C)C=C(c2cccc[n+]2[O-])c2ccc(C#N)cc2OC1. The van der Waals surface area contributed by atoms with Crippen LogP contribution in [0.4, 0.5) is 0 Å². The van der Waals surface area contributed by atoms with Crippen LogP contribution in [0.1, 0.15) is 30.7 Å². The second kappa shape index (κ2) is 5.19. The van der Waals surface area contributed by atoms with Crippen LogP contribution in [0, 0.1) is 22.0 Å². The lowest BCUT2D eigenvalue weighted by Crippen LogP contribution is -2.30. The normalized spacial score (nSPS) is 15.8. The zero-order valence-corrected chi connectivity index (χ0v) is 12.5. The van der Waals surface area contributed by atoms with Crippen LogP contribution in [0.3, 0.4) is 0 Å². The summed E-state index contributed by atoms with van der Waals surface area (Å²) in [6.07, 6.45) is 3.55. The van der Waals surface area contributed by atoms with Gasteiger partial charge < -0.3 is 9.94 Å². The third-order valence-electron chi connectivity index (χ3n) is 3.64. The molecule has 0 saturated heterocycles. The summed E-state index contributed by atoms with van der Waals surface area (Å²) in [5.74, 6) is 0.639. The van der Waals surface area contributed by atoms with Crippen LogP contribution >= 0.6 is 0 Å². The van der Waals surface area contributed by atoms with E-state index in [0.717, 1.165) is 15.9 Å². The van der Waals surface area contributed by atoms with Crippen molar-refractivity contribution in [2.45, 2.75) is 13.8 Å². The number of rotatable bonds is 1. The Labute approximate surface area is 129 Å². The summed E-state index contributed by atoms with van der Waals surface area (Å²) in [6.45, 7) is 4.61. The van der Waals surface area contributed by atoms with Crippen LogP contribution in [-0.4, -0.2) is 6.61 Å². The first-order chi connectivity index (χ1) is 10.5. The molecule has 4 heteroatoms. The van der Waals surface area contributed by atoms with E-state index in [0.29, 0.717) is 23.6 Å². The van der Waals surface area contributed by atoms with Crippen molar-refractivity contribution in [3.05, 3.63) is 70.7 Å². The van der Waals surface area contributed by atoms with Crippen molar-refractivity contribution in [3.63, 3.8) is 0 Å². The Bertz CT molecular complexity index is 801. The standard InChI is InChI=1S/C18H16N2O2/c1-18(2)10-15(16-5-3-4-8-20(16)21)14-7-6-13(11-19)9-17(14)22-12-18/h3-10H,12H2,1-2H3.